The molecule has 1 nitrogen and oxygen atoms in total. The minimum atomic E-state index is 0.0621. The van der Waals surface area contributed by atoms with Gasteiger partial charge in [0.2, 0.25) is 0 Å². The maximum Gasteiger partial charge on any atom is 0.110 e. The molecule has 1 rings (SSSR count). The molecule has 0 aromatic carbocycles. The predicted octanol–water partition coefficient (Wildman–Crippen LogP) is 2.49. The van der Waals surface area contributed by atoms with Crippen molar-refractivity contribution in [2.45, 2.75) is 19.3 Å². The molecule has 0 radical (unpaired) electrons. The molecule has 0 fully saturated rings. The van der Waals surface area contributed by atoms with Crippen LogP contribution in [0.4, 0.5) is 0 Å². The van der Waals surface area contributed by atoms with Crippen LogP contribution in [0.2, 0.25) is 0 Å². The molecule has 0 spiro atoms. The summed E-state index contributed by atoms with van der Waals surface area (Å²) in [6, 6.07) is 3.89. The lowest BCUT2D eigenvalue weighted by atomic mass is 9.93. The van der Waals surface area contributed by atoms with E-state index in [-0.39, 0.29) is 5.41 Å². The van der Waals surface area contributed by atoms with Gasteiger partial charge in [0.15, 0.2) is 0 Å². The SMILES string of the molecule is CC(C)(CS)c1ccco1. The number of thiol groups is 1. The summed E-state index contributed by atoms with van der Waals surface area (Å²) in [6.45, 7) is 4.22. The Morgan fingerprint density at radius 1 is 1.60 bits per heavy atom. The zero-order valence-electron chi connectivity index (χ0n) is 6.29. The number of rotatable bonds is 2. The van der Waals surface area contributed by atoms with Gasteiger partial charge in [-0.3, -0.25) is 0 Å². The molecule has 1 aromatic rings. The van der Waals surface area contributed by atoms with Crippen LogP contribution in [0.5, 0.6) is 0 Å². The first-order chi connectivity index (χ1) is 4.67. The summed E-state index contributed by atoms with van der Waals surface area (Å²) in [6.07, 6.45) is 1.69. The van der Waals surface area contributed by atoms with Crippen molar-refractivity contribution in [3.05, 3.63) is 24.2 Å². The van der Waals surface area contributed by atoms with Crippen LogP contribution >= 0.6 is 12.6 Å². The third-order valence-corrected chi connectivity index (χ3v) is 2.37. The molecule has 1 aromatic heterocycles. The van der Waals surface area contributed by atoms with E-state index >= 15 is 0 Å². The molecule has 1 heterocycles. The quantitative estimate of drug-likeness (QED) is 0.649. The monoisotopic (exact) mass is 156 g/mol. The molecule has 0 saturated carbocycles. The van der Waals surface area contributed by atoms with E-state index in [1.807, 2.05) is 12.1 Å². The first-order valence-corrected chi connectivity index (χ1v) is 3.95. The highest BCUT2D eigenvalue weighted by atomic mass is 32.1. The molecule has 0 N–H and O–H groups in total. The average molecular weight is 156 g/mol. The maximum atomic E-state index is 5.24. The van der Waals surface area contributed by atoms with Gasteiger partial charge in [0.05, 0.1) is 6.26 Å². The molecule has 0 atom stereocenters. The summed E-state index contributed by atoms with van der Waals surface area (Å²) in [5.74, 6) is 1.81. The maximum absolute atomic E-state index is 5.24. The Labute approximate surface area is 66.8 Å². The van der Waals surface area contributed by atoms with Gasteiger partial charge < -0.3 is 4.42 Å². The van der Waals surface area contributed by atoms with Crippen molar-refractivity contribution in [2.24, 2.45) is 0 Å². The standard InChI is InChI=1S/C8H12OS/c1-8(2,6-10)7-4-3-5-9-7/h3-5,10H,6H2,1-2H3. The number of hydrogen-bond donors (Lipinski definition) is 1. The van der Waals surface area contributed by atoms with E-state index in [1.165, 1.54) is 0 Å². The van der Waals surface area contributed by atoms with Crippen LogP contribution in [0.15, 0.2) is 22.8 Å². The van der Waals surface area contributed by atoms with Gasteiger partial charge in [0.25, 0.3) is 0 Å². The van der Waals surface area contributed by atoms with Gasteiger partial charge in [-0.25, -0.2) is 0 Å². The largest absolute Gasteiger partial charge is 0.469 e. The van der Waals surface area contributed by atoms with Crippen molar-refractivity contribution < 1.29 is 4.42 Å². The molecule has 0 unspecified atom stereocenters. The van der Waals surface area contributed by atoms with E-state index in [4.69, 9.17) is 4.42 Å². The zero-order valence-corrected chi connectivity index (χ0v) is 7.19. The Bertz CT molecular complexity index is 189. The van der Waals surface area contributed by atoms with E-state index in [0.717, 1.165) is 11.5 Å². The van der Waals surface area contributed by atoms with Gasteiger partial charge in [-0.2, -0.15) is 12.6 Å². The summed E-state index contributed by atoms with van der Waals surface area (Å²) in [7, 11) is 0. The molecule has 56 valence electrons. The highest BCUT2D eigenvalue weighted by Crippen LogP contribution is 2.24. The van der Waals surface area contributed by atoms with Crippen LogP contribution in [-0.4, -0.2) is 5.75 Å². The molecular formula is C8H12OS. The van der Waals surface area contributed by atoms with Crippen molar-refractivity contribution >= 4 is 12.6 Å². The Balaban J connectivity index is 2.85. The lowest BCUT2D eigenvalue weighted by Crippen LogP contribution is -2.17. The van der Waals surface area contributed by atoms with E-state index in [9.17, 15) is 0 Å². The van der Waals surface area contributed by atoms with E-state index < -0.39 is 0 Å². The van der Waals surface area contributed by atoms with Crippen LogP contribution in [0.3, 0.4) is 0 Å². The smallest absolute Gasteiger partial charge is 0.110 e. The van der Waals surface area contributed by atoms with Gasteiger partial charge in [0, 0.05) is 11.2 Å². The van der Waals surface area contributed by atoms with Gasteiger partial charge in [-0.1, -0.05) is 13.8 Å². The second kappa shape index (κ2) is 2.70. The summed E-state index contributed by atoms with van der Waals surface area (Å²) in [4.78, 5) is 0. The van der Waals surface area contributed by atoms with Crippen molar-refractivity contribution in [3.63, 3.8) is 0 Å². The van der Waals surface area contributed by atoms with Crippen LogP contribution < -0.4 is 0 Å². The normalized spacial score (nSPS) is 11.9. The third kappa shape index (κ3) is 1.37. The van der Waals surface area contributed by atoms with Gasteiger partial charge in [-0.05, 0) is 12.1 Å². The fourth-order valence-electron chi connectivity index (χ4n) is 0.742. The van der Waals surface area contributed by atoms with Crippen molar-refractivity contribution in [1.29, 1.82) is 0 Å². The second-order valence-electron chi connectivity index (χ2n) is 3.02. The van der Waals surface area contributed by atoms with Crippen LogP contribution in [0.1, 0.15) is 19.6 Å². The Morgan fingerprint density at radius 2 is 2.30 bits per heavy atom. The van der Waals surface area contributed by atoms with Crippen LogP contribution in [-0.2, 0) is 5.41 Å². The lowest BCUT2D eigenvalue weighted by Gasteiger charge is -2.17. The number of hydrogen-bond acceptors (Lipinski definition) is 2. The Morgan fingerprint density at radius 3 is 2.70 bits per heavy atom. The fourth-order valence-corrected chi connectivity index (χ4v) is 0.897. The average Bonchev–Trinajstić information content (AvgIpc) is 2.38. The molecule has 0 aliphatic heterocycles. The first-order valence-electron chi connectivity index (χ1n) is 3.31. The molecule has 0 saturated heterocycles. The van der Waals surface area contributed by atoms with Crippen molar-refractivity contribution in [3.8, 4) is 0 Å². The summed E-state index contributed by atoms with van der Waals surface area (Å²) in [5.41, 5.74) is 0.0621. The molecule has 10 heavy (non-hydrogen) atoms. The van der Waals surface area contributed by atoms with E-state index in [0.29, 0.717) is 0 Å². The first kappa shape index (κ1) is 7.73. The minimum Gasteiger partial charge on any atom is -0.469 e. The highest BCUT2D eigenvalue weighted by molar-refractivity contribution is 7.80. The van der Waals surface area contributed by atoms with Gasteiger partial charge in [0.1, 0.15) is 5.76 Å². The summed E-state index contributed by atoms with van der Waals surface area (Å²) < 4.78 is 5.24. The Kier molecular flexibility index (Phi) is 2.09. The summed E-state index contributed by atoms with van der Waals surface area (Å²) >= 11 is 4.23. The molecule has 0 amide bonds. The molecular weight excluding hydrogens is 144 g/mol. The predicted molar refractivity (Wildman–Crippen MR) is 45.6 cm³/mol. The minimum absolute atomic E-state index is 0.0621. The molecule has 0 aliphatic carbocycles. The summed E-state index contributed by atoms with van der Waals surface area (Å²) in [5, 5.41) is 0. The molecule has 0 aliphatic rings. The van der Waals surface area contributed by atoms with Crippen molar-refractivity contribution in [1.82, 2.24) is 0 Å². The van der Waals surface area contributed by atoms with E-state index in [2.05, 4.69) is 26.5 Å². The third-order valence-electron chi connectivity index (χ3n) is 1.58. The van der Waals surface area contributed by atoms with Gasteiger partial charge in [-0.15, -0.1) is 0 Å². The van der Waals surface area contributed by atoms with Crippen LogP contribution in [0.25, 0.3) is 0 Å². The zero-order chi connectivity index (χ0) is 7.61. The van der Waals surface area contributed by atoms with Crippen LogP contribution in [0, 0.1) is 0 Å². The molecule has 0 bridgehead atoms. The van der Waals surface area contributed by atoms with Crippen molar-refractivity contribution in [2.75, 3.05) is 5.75 Å². The molecule has 2 heteroatoms. The number of furan rings is 1. The second-order valence-corrected chi connectivity index (χ2v) is 3.34. The highest BCUT2D eigenvalue weighted by Gasteiger charge is 2.20. The Hall–Kier alpha value is -0.370. The lowest BCUT2D eigenvalue weighted by molar-refractivity contribution is 0.415. The van der Waals surface area contributed by atoms with Gasteiger partial charge >= 0.3 is 0 Å². The topological polar surface area (TPSA) is 13.1 Å². The fraction of sp³-hybridized carbons (Fsp3) is 0.500. The van der Waals surface area contributed by atoms with E-state index in [1.54, 1.807) is 6.26 Å².